The molecule has 18 heavy (non-hydrogen) atoms. The van der Waals surface area contributed by atoms with Gasteiger partial charge in [0, 0.05) is 19.0 Å². The zero-order chi connectivity index (χ0) is 13.2. The lowest BCUT2D eigenvalue weighted by molar-refractivity contribution is 0.183. The molecule has 1 aliphatic heterocycles. The molecule has 1 unspecified atom stereocenters. The van der Waals surface area contributed by atoms with Crippen molar-refractivity contribution >= 4 is 21.6 Å². The third kappa shape index (κ3) is 3.40. The van der Waals surface area contributed by atoms with Gasteiger partial charge in [-0.25, -0.2) is 12.7 Å². The summed E-state index contributed by atoms with van der Waals surface area (Å²) in [5.74, 6) is 1.24. The van der Waals surface area contributed by atoms with Gasteiger partial charge in [-0.05, 0) is 43.4 Å². The molecular weight excluding hydrogens is 270 g/mol. The molecule has 1 saturated heterocycles. The molecule has 0 aromatic heterocycles. The predicted molar refractivity (Wildman–Crippen MR) is 75.4 cm³/mol. The van der Waals surface area contributed by atoms with Gasteiger partial charge >= 0.3 is 0 Å². The van der Waals surface area contributed by atoms with Crippen molar-refractivity contribution in [1.82, 2.24) is 4.31 Å². The van der Waals surface area contributed by atoms with Crippen LogP contribution in [0.4, 0.5) is 0 Å². The maximum Gasteiger partial charge on any atom is 0.211 e. The normalized spacial score (nSPS) is 29.6. The molecule has 0 amide bonds. The average molecular weight is 294 g/mol. The fourth-order valence-corrected chi connectivity index (χ4v) is 4.94. The van der Waals surface area contributed by atoms with Crippen LogP contribution in [0.3, 0.4) is 0 Å². The highest BCUT2D eigenvalue weighted by molar-refractivity contribution is 7.88. The first-order chi connectivity index (χ1) is 8.45. The Balaban J connectivity index is 1.97. The van der Waals surface area contributed by atoms with Crippen LogP contribution in [0.25, 0.3) is 0 Å². The second-order valence-electron chi connectivity index (χ2n) is 6.17. The molecule has 2 aliphatic rings. The Hall–Kier alpha value is 0.200. The summed E-state index contributed by atoms with van der Waals surface area (Å²) >= 11 is 6.18. The number of alkyl halides is 1. The summed E-state index contributed by atoms with van der Waals surface area (Å²) in [6.07, 6.45) is 9.62. The van der Waals surface area contributed by atoms with E-state index < -0.39 is 10.0 Å². The number of halogens is 1. The zero-order valence-corrected chi connectivity index (χ0v) is 12.8. The second-order valence-corrected chi connectivity index (χ2v) is 8.42. The molecular formula is C13H24ClNO2S. The largest absolute Gasteiger partial charge is 0.213 e. The van der Waals surface area contributed by atoms with Crippen LogP contribution in [-0.2, 0) is 10.0 Å². The van der Waals surface area contributed by atoms with E-state index in [1.807, 2.05) is 0 Å². The summed E-state index contributed by atoms with van der Waals surface area (Å²) in [6.45, 7) is 1.40. The minimum Gasteiger partial charge on any atom is -0.213 e. The van der Waals surface area contributed by atoms with Crippen molar-refractivity contribution in [3.8, 4) is 0 Å². The summed E-state index contributed by atoms with van der Waals surface area (Å²) in [7, 11) is -3.02. The molecule has 0 bridgehead atoms. The van der Waals surface area contributed by atoms with E-state index in [0.29, 0.717) is 24.4 Å². The first-order valence-electron chi connectivity index (χ1n) is 6.96. The molecule has 0 spiro atoms. The average Bonchev–Trinajstić information content (AvgIpc) is 2.77. The Bertz CT molecular complexity index is 376. The first-order valence-corrected chi connectivity index (χ1v) is 9.35. The van der Waals surface area contributed by atoms with Gasteiger partial charge in [0.25, 0.3) is 0 Å². The lowest BCUT2D eigenvalue weighted by Gasteiger charge is -2.36. The number of hydrogen-bond acceptors (Lipinski definition) is 2. The SMILES string of the molecule is CS(=O)(=O)N1CCCC(CC2(CCl)CCCC2)C1. The zero-order valence-electron chi connectivity index (χ0n) is 11.2. The van der Waals surface area contributed by atoms with E-state index in [9.17, 15) is 8.42 Å². The molecule has 1 atom stereocenters. The van der Waals surface area contributed by atoms with Gasteiger partial charge in [0.05, 0.1) is 6.26 Å². The molecule has 1 aliphatic carbocycles. The summed E-state index contributed by atoms with van der Waals surface area (Å²) in [5, 5.41) is 0. The van der Waals surface area contributed by atoms with Crippen molar-refractivity contribution in [2.75, 3.05) is 25.2 Å². The highest BCUT2D eigenvalue weighted by Crippen LogP contribution is 2.45. The fourth-order valence-electron chi connectivity index (χ4n) is 3.62. The summed E-state index contributed by atoms with van der Waals surface area (Å²) in [6, 6.07) is 0. The maximum absolute atomic E-state index is 11.6. The fraction of sp³-hybridized carbons (Fsp3) is 1.00. The van der Waals surface area contributed by atoms with Gasteiger partial charge in [0.15, 0.2) is 0 Å². The molecule has 1 saturated carbocycles. The van der Waals surface area contributed by atoms with E-state index in [1.54, 1.807) is 4.31 Å². The van der Waals surface area contributed by atoms with E-state index in [2.05, 4.69) is 0 Å². The molecule has 0 N–H and O–H groups in total. The predicted octanol–water partition coefficient (Wildman–Crippen LogP) is 2.85. The maximum atomic E-state index is 11.6. The Labute approximate surface area is 116 Å². The first kappa shape index (κ1) is 14.6. The van der Waals surface area contributed by atoms with Crippen LogP contribution in [0.1, 0.15) is 44.9 Å². The molecule has 1 heterocycles. The van der Waals surface area contributed by atoms with E-state index in [1.165, 1.54) is 31.9 Å². The second kappa shape index (κ2) is 5.68. The van der Waals surface area contributed by atoms with Gasteiger partial charge in [0.1, 0.15) is 0 Å². The van der Waals surface area contributed by atoms with Crippen molar-refractivity contribution in [3.63, 3.8) is 0 Å². The van der Waals surface area contributed by atoms with Crippen LogP contribution >= 0.6 is 11.6 Å². The Kier molecular flexibility index (Phi) is 4.61. The molecule has 0 radical (unpaired) electrons. The number of sulfonamides is 1. The molecule has 2 fully saturated rings. The van der Waals surface area contributed by atoms with Crippen LogP contribution in [0, 0.1) is 11.3 Å². The van der Waals surface area contributed by atoms with Crippen LogP contribution < -0.4 is 0 Å². The quantitative estimate of drug-likeness (QED) is 0.748. The van der Waals surface area contributed by atoms with Crippen molar-refractivity contribution in [2.45, 2.75) is 44.9 Å². The molecule has 5 heteroatoms. The Morgan fingerprint density at radius 1 is 1.28 bits per heavy atom. The minimum absolute atomic E-state index is 0.298. The topological polar surface area (TPSA) is 37.4 Å². The highest BCUT2D eigenvalue weighted by Gasteiger charge is 2.37. The standard InChI is InChI=1S/C13H24ClNO2S/c1-18(16,17)15-8-4-5-12(10-15)9-13(11-14)6-2-3-7-13/h12H,2-11H2,1H3. The van der Waals surface area contributed by atoms with Crippen molar-refractivity contribution in [2.24, 2.45) is 11.3 Å². The van der Waals surface area contributed by atoms with E-state index in [4.69, 9.17) is 11.6 Å². The molecule has 106 valence electrons. The third-order valence-corrected chi connectivity index (χ3v) is 6.46. The summed E-state index contributed by atoms with van der Waals surface area (Å²) in [4.78, 5) is 0. The summed E-state index contributed by atoms with van der Waals surface area (Å²) in [5.41, 5.74) is 0.298. The van der Waals surface area contributed by atoms with Crippen molar-refractivity contribution < 1.29 is 8.42 Å². The smallest absolute Gasteiger partial charge is 0.211 e. The lowest BCUT2D eigenvalue weighted by Crippen LogP contribution is -2.41. The minimum atomic E-state index is -3.02. The molecule has 0 aromatic rings. The molecule has 2 rings (SSSR count). The van der Waals surface area contributed by atoms with E-state index >= 15 is 0 Å². The van der Waals surface area contributed by atoms with Gasteiger partial charge in [-0.15, -0.1) is 11.6 Å². The number of nitrogens with zero attached hydrogens (tertiary/aromatic N) is 1. The van der Waals surface area contributed by atoms with E-state index in [-0.39, 0.29) is 0 Å². The lowest BCUT2D eigenvalue weighted by atomic mass is 9.77. The van der Waals surface area contributed by atoms with Gasteiger partial charge in [-0.3, -0.25) is 0 Å². The van der Waals surface area contributed by atoms with Gasteiger partial charge in [-0.1, -0.05) is 12.8 Å². The van der Waals surface area contributed by atoms with Crippen molar-refractivity contribution in [3.05, 3.63) is 0 Å². The molecule has 0 aromatic carbocycles. The summed E-state index contributed by atoms with van der Waals surface area (Å²) < 4.78 is 24.9. The van der Waals surface area contributed by atoms with Gasteiger partial charge in [-0.2, -0.15) is 0 Å². The van der Waals surface area contributed by atoms with E-state index in [0.717, 1.165) is 25.1 Å². The van der Waals surface area contributed by atoms with Crippen LogP contribution in [0.2, 0.25) is 0 Å². The van der Waals surface area contributed by atoms with Crippen LogP contribution in [-0.4, -0.2) is 37.9 Å². The van der Waals surface area contributed by atoms with Gasteiger partial charge in [0.2, 0.25) is 10.0 Å². The van der Waals surface area contributed by atoms with Crippen LogP contribution in [0.5, 0.6) is 0 Å². The number of rotatable bonds is 4. The third-order valence-electron chi connectivity index (χ3n) is 4.62. The number of hydrogen-bond donors (Lipinski definition) is 0. The molecule has 3 nitrogen and oxygen atoms in total. The highest BCUT2D eigenvalue weighted by atomic mass is 35.5. The Morgan fingerprint density at radius 2 is 1.94 bits per heavy atom. The van der Waals surface area contributed by atoms with Crippen molar-refractivity contribution in [1.29, 1.82) is 0 Å². The van der Waals surface area contributed by atoms with Crippen LogP contribution in [0.15, 0.2) is 0 Å². The van der Waals surface area contributed by atoms with Gasteiger partial charge < -0.3 is 0 Å². The monoisotopic (exact) mass is 293 g/mol. The number of piperidine rings is 1. The Morgan fingerprint density at radius 3 is 2.50 bits per heavy atom.